The molecule has 0 unspecified atom stereocenters. The number of furan rings is 1. The molecule has 0 aliphatic rings. The minimum Gasteiger partial charge on any atom is -0.462 e. The van der Waals surface area contributed by atoms with Gasteiger partial charge in [-0.2, -0.15) is 0 Å². The quantitative estimate of drug-likeness (QED) is 0.722. The van der Waals surface area contributed by atoms with Crippen molar-refractivity contribution in [3.8, 4) is 11.1 Å². The van der Waals surface area contributed by atoms with E-state index in [2.05, 4.69) is 0 Å². The molecule has 5 nitrogen and oxygen atoms in total. The summed E-state index contributed by atoms with van der Waals surface area (Å²) in [4.78, 5) is 24.7. The lowest BCUT2D eigenvalue weighted by Gasteiger charge is -2.06. The number of rotatable bonds is 6. The zero-order valence-electron chi connectivity index (χ0n) is 14.3. The predicted molar refractivity (Wildman–Crippen MR) is 90.7 cm³/mol. The molecule has 0 bridgehead atoms. The van der Waals surface area contributed by atoms with Crippen LogP contribution in [0.5, 0.6) is 0 Å². The molecule has 0 fully saturated rings. The SMILES string of the molecule is C/C=C/c1oc(C(=O)OCC)c(C(=O)OCC)c1-c1ccc(F)cc1. The van der Waals surface area contributed by atoms with Gasteiger partial charge in [0.1, 0.15) is 17.1 Å². The molecule has 0 atom stereocenters. The predicted octanol–water partition coefficient (Wildman–Crippen LogP) is 4.47. The highest BCUT2D eigenvalue weighted by Gasteiger charge is 2.31. The van der Waals surface area contributed by atoms with Crippen molar-refractivity contribution in [2.45, 2.75) is 20.8 Å². The van der Waals surface area contributed by atoms with Gasteiger partial charge in [-0.1, -0.05) is 18.2 Å². The van der Waals surface area contributed by atoms with E-state index in [9.17, 15) is 14.0 Å². The van der Waals surface area contributed by atoms with Crippen LogP contribution in [0, 0.1) is 5.82 Å². The number of ether oxygens (including phenoxy) is 2. The number of carbonyl (C=O) groups excluding carboxylic acids is 2. The molecular formula is C19H19FO5. The second-order valence-corrected chi connectivity index (χ2v) is 4.99. The van der Waals surface area contributed by atoms with Crippen LogP contribution >= 0.6 is 0 Å². The molecule has 0 spiro atoms. The number of allylic oxidation sites excluding steroid dienone is 1. The van der Waals surface area contributed by atoms with E-state index < -0.39 is 17.8 Å². The number of hydrogen-bond donors (Lipinski definition) is 0. The van der Waals surface area contributed by atoms with Gasteiger partial charge < -0.3 is 13.9 Å². The van der Waals surface area contributed by atoms with Crippen LogP contribution < -0.4 is 0 Å². The van der Waals surface area contributed by atoms with Crippen LogP contribution in [0.25, 0.3) is 17.2 Å². The van der Waals surface area contributed by atoms with Gasteiger partial charge in [0.15, 0.2) is 0 Å². The third-order valence-corrected chi connectivity index (χ3v) is 3.33. The molecule has 25 heavy (non-hydrogen) atoms. The van der Waals surface area contributed by atoms with Crippen LogP contribution in [0.4, 0.5) is 4.39 Å². The summed E-state index contributed by atoms with van der Waals surface area (Å²) in [5.41, 5.74) is 0.858. The Labute approximate surface area is 145 Å². The Balaban J connectivity index is 2.74. The molecule has 0 aliphatic heterocycles. The third kappa shape index (κ3) is 3.96. The van der Waals surface area contributed by atoms with Gasteiger partial charge >= 0.3 is 11.9 Å². The van der Waals surface area contributed by atoms with Crippen LogP contribution in [0.3, 0.4) is 0 Å². The largest absolute Gasteiger partial charge is 0.462 e. The van der Waals surface area contributed by atoms with Gasteiger partial charge in [-0.05, 0) is 44.5 Å². The van der Waals surface area contributed by atoms with E-state index >= 15 is 0 Å². The molecule has 0 N–H and O–H groups in total. The summed E-state index contributed by atoms with van der Waals surface area (Å²) in [7, 11) is 0. The van der Waals surface area contributed by atoms with E-state index in [0.717, 1.165) is 0 Å². The first-order valence-corrected chi connectivity index (χ1v) is 7.93. The van der Waals surface area contributed by atoms with Crippen LogP contribution in [0.2, 0.25) is 0 Å². The van der Waals surface area contributed by atoms with Crippen molar-refractivity contribution in [2.24, 2.45) is 0 Å². The van der Waals surface area contributed by atoms with Gasteiger partial charge in [-0.15, -0.1) is 0 Å². The minimum atomic E-state index is -0.760. The Bertz CT molecular complexity index is 787. The van der Waals surface area contributed by atoms with Crippen molar-refractivity contribution in [3.63, 3.8) is 0 Å². The Morgan fingerprint density at radius 3 is 2.24 bits per heavy atom. The summed E-state index contributed by atoms with van der Waals surface area (Å²) >= 11 is 0. The molecule has 0 radical (unpaired) electrons. The smallest absolute Gasteiger partial charge is 0.375 e. The molecule has 0 saturated heterocycles. The van der Waals surface area contributed by atoms with Crippen molar-refractivity contribution >= 4 is 18.0 Å². The van der Waals surface area contributed by atoms with Crippen LogP contribution in [0.1, 0.15) is 47.4 Å². The van der Waals surface area contributed by atoms with E-state index in [0.29, 0.717) is 16.9 Å². The van der Waals surface area contributed by atoms with Crippen molar-refractivity contribution in [1.82, 2.24) is 0 Å². The van der Waals surface area contributed by atoms with Crippen LogP contribution in [0.15, 0.2) is 34.8 Å². The van der Waals surface area contributed by atoms with Crippen molar-refractivity contribution < 1.29 is 27.9 Å². The van der Waals surface area contributed by atoms with Gasteiger partial charge in [-0.3, -0.25) is 0 Å². The highest BCUT2D eigenvalue weighted by Crippen LogP contribution is 2.35. The molecule has 0 amide bonds. The van der Waals surface area contributed by atoms with Crippen LogP contribution in [-0.4, -0.2) is 25.2 Å². The summed E-state index contributed by atoms with van der Waals surface area (Å²) in [6.45, 7) is 5.34. The molecule has 0 aliphatic carbocycles. The van der Waals surface area contributed by atoms with Gasteiger partial charge in [-0.25, -0.2) is 14.0 Å². The summed E-state index contributed by atoms with van der Waals surface area (Å²) in [5, 5.41) is 0. The molecule has 0 saturated carbocycles. The first-order chi connectivity index (χ1) is 12.0. The first kappa shape index (κ1) is 18.4. The lowest BCUT2D eigenvalue weighted by molar-refractivity contribution is 0.0452. The first-order valence-electron chi connectivity index (χ1n) is 7.93. The fourth-order valence-corrected chi connectivity index (χ4v) is 2.36. The molecular weight excluding hydrogens is 327 g/mol. The Morgan fingerprint density at radius 2 is 1.68 bits per heavy atom. The zero-order chi connectivity index (χ0) is 18.4. The van der Waals surface area contributed by atoms with E-state index in [-0.39, 0.29) is 24.5 Å². The second kappa shape index (κ2) is 8.28. The van der Waals surface area contributed by atoms with Crippen LogP contribution in [-0.2, 0) is 9.47 Å². The summed E-state index contributed by atoms with van der Waals surface area (Å²) in [6, 6.07) is 5.54. The number of hydrogen-bond acceptors (Lipinski definition) is 5. The van der Waals surface area contributed by atoms with E-state index in [4.69, 9.17) is 13.9 Å². The average Bonchev–Trinajstić information content (AvgIpc) is 2.96. The highest BCUT2D eigenvalue weighted by atomic mass is 19.1. The topological polar surface area (TPSA) is 65.7 Å². The number of esters is 2. The molecule has 132 valence electrons. The van der Waals surface area contributed by atoms with Gasteiger partial charge in [0.25, 0.3) is 0 Å². The number of carbonyl (C=O) groups is 2. The zero-order valence-corrected chi connectivity index (χ0v) is 14.3. The fraction of sp³-hybridized carbons (Fsp3) is 0.263. The Kier molecular flexibility index (Phi) is 6.11. The fourth-order valence-electron chi connectivity index (χ4n) is 2.36. The average molecular weight is 346 g/mol. The minimum absolute atomic E-state index is 0.0278. The van der Waals surface area contributed by atoms with E-state index in [1.807, 2.05) is 0 Å². The Morgan fingerprint density at radius 1 is 1.08 bits per heavy atom. The molecule has 6 heteroatoms. The summed E-state index contributed by atoms with van der Waals surface area (Å²) in [6.07, 6.45) is 3.32. The molecule has 2 rings (SSSR count). The van der Waals surface area contributed by atoms with E-state index in [1.54, 1.807) is 32.9 Å². The lowest BCUT2D eigenvalue weighted by Crippen LogP contribution is -2.12. The van der Waals surface area contributed by atoms with Gasteiger partial charge in [0.05, 0.1) is 13.2 Å². The van der Waals surface area contributed by atoms with Gasteiger partial charge in [0.2, 0.25) is 5.76 Å². The van der Waals surface area contributed by atoms with Crippen molar-refractivity contribution in [3.05, 3.63) is 53.2 Å². The maximum atomic E-state index is 13.3. The van der Waals surface area contributed by atoms with Crippen molar-refractivity contribution in [1.29, 1.82) is 0 Å². The second-order valence-electron chi connectivity index (χ2n) is 4.99. The molecule has 2 aromatic rings. The maximum absolute atomic E-state index is 13.3. The monoisotopic (exact) mass is 346 g/mol. The third-order valence-electron chi connectivity index (χ3n) is 3.33. The van der Waals surface area contributed by atoms with E-state index in [1.165, 1.54) is 24.3 Å². The molecule has 1 aromatic carbocycles. The maximum Gasteiger partial charge on any atom is 0.375 e. The lowest BCUT2D eigenvalue weighted by atomic mass is 9.99. The standard InChI is InChI=1S/C19H19FO5/c1-4-7-14-15(12-8-10-13(20)11-9-12)16(18(21)23-5-2)17(25-14)19(22)24-6-3/h4,7-11H,5-6H2,1-3H3/b7-4+. The summed E-state index contributed by atoms with van der Waals surface area (Å²) in [5.74, 6) is -1.81. The highest BCUT2D eigenvalue weighted by molar-refractivity contribution is 6.08. The normalized spacial score (nSPS) is 10.9. The summed E-state index contributed by atoms with van der Waals surface area (Å²) < 4.78 is 28.9. The number of benzene rings is 1. The van der Waals surface area contributed by atoms with Crippen molar-refractivity contribution in [2.75, 3.05) is 13.2 Å². The molecule has 1 heterocycles. The molecule has 1 aromatic heterocycles. The van der Waals surface area contributed by atoms with Gasteiger partial charge in [0, 0.05) is 5.56 Å². The number of halogens is 1. The Hall–Kier alpha value is -2.89.